The third-order valence-corrected chi connectivity index (χ3v) is 3.66. The number of hydrogen-bond donors (Lipinski definition) is 2. The van der Waals surface area contributed by atoms with Crippen molar-refractivity contribution < 1.29 is 9.84 Å². The van der Waals surface area contributed by atoms with Gasteiger partial charge in [0.2, 0.25) is 0 Å². The van der Waals surface area contributed by atoms with Crippen LogP contribution >= 0.6 is 0 Å². The van der Waals surface area contributed by atoms with E-state index < -0.39 is 5.60 Å². The lowest BCUT2D eigenvalue weighted by Gasteiger charge is -2.38. The molecule has 0 aromatic carbocycles. The van der Waals surface area contributed by atoms with Gasteiger partial charge in [-0.05, 0) is 39.7 Å². The molecule has 4 nitrogen and oxygen atoms in total. The standard InChI is InChI=1S/C13H28N2O2/c1-4-13(16,10-14)6-5-7-15-8-9-17-12(2,3)11-15/h16H,4-11,14H2,1-3H3. The summed E-state index contributed by atoms with van der Waals surface area (Å²) in [6.45, 7) is 10.4. The summed E-state index contributed by atoms with van der Waals surface area (Å²) in [6.07, 6.45) is 2.52. The van der Waals surface area contributed by atoms with Crippen LogP contribution in [-0.2, 0) is 4.74 Å². The average Bonchev–Trinajstić information content (AvgIpc) is 2.27. The van der Waals surface area contributed by atoms with Crippen molar-refractivity contribution in [2.75, 3.05) is 32.8 Å². The van der Waals surface area contributed by atoms with Gasteiger partial charge < -0.3 is 15.6 Å². The fourth-order valence-electron chi connectivity index (χ4n) is 2.36. The van der Waals surface area contributed by atoms with E-state index in [1.165, 1.54) is 0 Å². The van der Waals surface area contributed by atoms with E-state index in [0.717, 1.165) is 45.5 Å². The van der Waals surface area contributed by atoms with Crippen LogP contribution in [0.1, 0.15) is 40.0 Å². The molecule has 4 heteroatoms. The summed E-state index contributed by atoms with van der Waals surface area (Å²) in [7, 11) is 0. The van der Waals surface area contributed by atoms with Crippen LogP contribution in [-0.4, -0.2) is 54.0 Å². The number of morpholine rings is 1. The van der Waals surface area contributed by atoms with Gasteiger partial charge >= 0.3 is 0 Å². The maximum atomic E-state index is 10.1. The van der Waals surface area contributed by atoms with E-state index >= 15 is 0 Å². The lowest BCUT2D eigenvalue weighted by atomic mass is 9.94. The van der Waals surface area contributed by atoms with Crippen molar-refractivity contribution in [3.63, 3.8) is 0 Å². The average molecular weight is 244 g/mol. The molecule has 0 aliphatic carbocycles. The fourth-order valence-corrected chi connectivity index (χ4v) is 2.36. The molecular weight excluding hydrogens is 216 g/mol. The maximum Gasteiger partial charge on any atom is 0.0767 e. The molecule has 1 heterocycles. The second-order valence-corrected chi connectivity index (χ2v) is 5.77. The Morgan fingerprint density at radius 3 is 2.71 bits per heavy atom. The smallest absolute Gasteiger partial charge is 0.0767 e. The van der Waals surface area contributed by atoms with Crippen LogP contribution in [0, 0.1) is 0 Å². The molecule has 1 atom stereocenters. The molecule has 3 N–H and O–H groups in total. The van der Waals surface area contributed by atoms with Gasteiger partial charge in [-0.3, -0.25) is 4.90 Å². The molecule has 0 saturated carbocycles. The molecule has 1 saturated heterocycles. The summed E-state index contributed by atoms with van der Waals surface area (Å²) < 4.78 is 5.67. The molecule has 0 spiro atoms. The van der Waals surface area contributed by atoms with Gasteiger partial charge in [0.15, 0.2) is 0 Å². The van der Waals surface area contributed by atoms with Gasteiger partial charge in [-0.2, -0.15) is 0 Å². The predicted octanol–water partition coefficient (Wildman–Crippen LogP) is 0.977. The zero-order valence-electron chi connectivity index (χ0n) is 11.5. The van der Waals surface area contributed by atoms with Crippen LogP contribution in [0.3, 0.4) is 0 Å². The lowest BCUT2D eigenvalue weighted by molar-refractivity contribution is -0.0871. The molecule has 1 aliphatic heterocycles. The Bertz CT molecular complexity index is 227. The van der Waals surface area contributed by atoms with Gasteiger partial charge in [-0.25, -0.2) is 0 Å². The molecular formula is C13H28N2O2. The highest BCUT2D eigenvalue weighted by Crippen LogP contribution is 2.19. The topological polar surface area (TPSA) is 58.7 Å². The van der Waals surface area contributed by atoms with Gasteiger partial charge in [-0.1, -0.05) is 6.92 Å². The molecule has 0 bridgehead atoms. The summed E-state index contributed by atoms with van der Waals surface area (Å²) >= 11 is 0. The van der Waals surface area contributed by atoms with Gasteiger partial charge in [0, 0.05) is 19.6 Å². The van der Waals surface area contributed by atoms with Gasteiger partial charge in [-0.15, -0.1) is 0 Å². The van der Waals surface area contributed by atoms with Crippen molar-refractivity contribution in [2.24, 2.45) is 5.73 Å². The molecule has 1 rings (SSSR count). The molecule has 17 heavy (non-hydrogen) atoms. The minimum atomic E-state index is -0.665. The first-order valence-corrected chi connectivity index (χ1v) is 6.69. The predicted molar refractivity (Wildman–Crippen MR) is 70.0 cm³/mol. The summed E-state index contributed by atoms with van der Waals surface area (Å²) in [5.41, 5.74) is 4.90. The normalized spacial score (nSPS) is 24.5. The molecule has 1 aliphatic rings. The molecule has 0 aromatic rings. The zero-order valence-corrected chi connectivity index (χ0v) is 11.5. The monoisotopic (exact) mass is 244 g/mol. The first-order chi connectivity index (χ1) is 7.91. The van der Waals surface area contributed by atoms with Crippen LogP contribution in [0.5, 0.6) is 0 Å². The Hall–Kier alpha value is -0.160. The molecule has 102 valence electrons. The van der Waals surface area contributed by atoms with E-state index in [0.29, 0.717) is 6.54 Å². The van der Waals surface area contributed by atoms with Crippen molar-refractivity contribution in [1.82, 2.24) is 4.90 Å². The van der Waals surface area contributed by atoms with Crippen molar-refractivity contribution in [3.05, 3.63) is 0 Å². The number of nitrogens with zero attached hydrogens (tertiary/aromatic N) is 1. The summed E-state index contributed by atoms with van der Waals surface area (Å²) in [5, 5.41) is 10.1. The Morgan fingerprint density at radius 1 is 1.47 bits per heavy atom. The molecule has 0 radical (unpaired) electrons. The second-order valence-electron chi connectivity index (χ2n) is 5.77. The van der Waals surface area contributed by atoms with Crippen molar-refractivity contribution in [2.45, 2.75) is 51.2 Å². The SMILES string of the molecule is CCC(O)(CN)CCCN1CCOC(C)(C)C1. The molecule has 1 unspecified atom stereocenters. The molecule has 0 amide bonds. The van der Waals surface area contributed by atoms with Crippen molar-refractivity contribution >= 4 is 0 Å². The zero-order chi connectivity index (χ0) is 12.9. The number of nitrogens with two attached hydrogens (primary N) is 1. The van der Waals surface area contributed by atoms with E-state index in [-0.39, 0.29) is 5.60 Å². The fraction of sp³-hybridized carbons (Fsp3) is 1.00. The van der Waals surface area contributed by atoms with Gasteiger partial charge in [0.1, 0.15) is 0 Å². The van der Waals surface area contributed by atoms with Crippen LogP contribution in [0.25, 0.3) is 0 Å². The quantitative estimate of drug-likeness (QED) is 0.731. The Morgan fingerprint density at radius 2 is 2.18 bits per heavy atom. The Labute approximate surface area is 105 Å². The minimum absolute atomic E-state index is 0.0345. The lowest BCUT2D eigenvalue weighted by Crippen LogP contribution is -2.48. The molecule has 0 aromatic heterocycles. The first-order valence-electron chi connectivity index (χ1n) is 6.69. The van der Waals surface area contributed by atoms with Crippen LogP contribution < -0.4 is 5.73 Å². The Balaban J connectivity index is 2.27. The van der Waals surface area contributed by atoms with E-state index in [1.807, 2.05) is 6.92 Å². The minimum Gasteiger partial charge on any atom is -0.389 e. The maximum absolute atomic E-state index is 10.1. The van der Waals surface area contributed by atoms with E-state index in [1.54, 1.807) is 0 Å². The summed E-state index contributed by atoms with van der Waals surface area (Å²) in [6, 6.07) is 0. The largest absolute Gasteiger partial charge is 0.389 e. The Kier molecular flexibility index (Phi) is 5.38. The highest BCUT2D eigenvalue weighted by molar-refractivity contribution is 4.81. The second kappa shape index (κ2) is 6.14. The summed E-state index contributed by atoms with van der Waals surface area (Å²) in [5.74, 6) is 0. The number of hydrogen-bond acceptors (Lipinski definition) is 4. The third kappa shape index (κ3) is 4.92. The number of aliphatic hydroxyl groups is 1. The first kappa shape index (κ1) is 14.9. The van der Waals surface area contributed by atoms with Gasteiger partial charge in [0.05, 0.1) is 17.8 Å². The van der Waals surface area contributed by atoms with Crippen LogP contribution in [0.2, 0.25) is 0 Å². The van der Waals surface area contributed by atoms with E-state index in [9.17, 15) is 5.11 Å². The third-order valence-electron chi connectivity index (χ3n) is 3.66. The number of ether oxygens (including phenoxy) is 1. The number of rotatable bonds is 6. The van der Waals surface area contributed by atoms with E-state index in [4.69, 9.17) is 10.5 Å². The van der Waals surface area contributed by atoms with Crippen LogP contribution in [0.15, 0.2) is 0 Å². The molecule has 1 fully saturated rings. The highest BCUT2D eigenvalue weighted by Gasteiger charge is 2.28. The van der Waals surface area contributed by atoms with Crippen molar-refractivity contribution in [3.8, 4) is 0 Å². The van der Waals surface area contributed by atoms with Crippen molar-refractivity contribution in [1.29, 1.82) is 0 Å². The van der Waals surface area contributed by atoms with Crippen LogP contribution in [0.4, 0.5) is 0 Å². The highest BCUT2D eigenvalue weighted by atomic mass is 16.5. The van der Waals surface area contributed by atoms with Gasteiger partial charge in [0.25, 0.3) is 0 Å². The van der Waals surface area contributed by atoms with E-state index in [2.05, 4.69) is 18.7 Å². The summed E-state index contributed by atoms with van der Waals surface area (Å²) in [4.78, 5) is 2.41.